The summed E-state index contributed by atoms with van der Waals surface area (Å²) in [6.45, 7) is 3.48. The second-order valence-electron chi connectivity index (χ2n) is 2.51. The molecule has 0 aromatic heterocycles. The second-order valence-corrected chi connectivity index (χ2v) is 2.51. The van der Waals surface area contributed by atoms with Crippen LogP contribution in [0.1, 0.15) is 5.56 Å². The number of hydrogen-bond donors (Lipinski definition) is 1. The van der Waals surface area contributed by atoms with Crippen molar-refractivity contribution < 1.29 is 9.18 Å². The third kappa shape index (κ3) is 2.71. The highest BCUT2D eigenvalue weighted by Gasteiger charge is 2.00. The molecule has 1 rings (SSSR count). The van der Waals surface area contributed by atoms with Gasteiger partial charge in [-0.2, -0.15) is 0 Å². The first-order valence-corrected chi connectivity index (χ1v) is 3.87. The normalized spacial score (nSPS) is 9.31. The van der Waals surface area contributed by atoms with Gasteiger partial charge in [-0.1, -0.05) is 24.8 Å². The highest BCUT2D eigenvalue weighted by Crippen LogP contribution is 2.04. The lowest BCUT2D eigenvalue weighted by molar-refractivity contribution is -0.116. The molecule has 0 atom stereocenters. The van der Waals surface area contributed by atoms with Crippen LogP contribution in [0.2, 0.25) is 0 Å². The van der Waals surface area contributed by atoms with E-state index in [4.69, 9.17) is 0 Å². The number of rotatable bonds is 3. The number of carbonyl (C=O) groups excluding carboxylic acids is 1. The Hall–Kier alpha value is -1.64. The molecule has 0 unspecified atom stereocenters. The molecule has 1 aromatic rings. The molecule has 1 amide bonds. The van der Waals surface area contributed by atoms with Crippen molar-refractivity contribution in [1.29, 1.82) is 0 Å². The van der Waals surface area contributed by atoms with E-state index < -0.39 is 0 Å². The first-order chi connectivity index (χ1) is 6.24. The maximum absolute atomic E-state index is 13.0. The van der Waals surface area contributed by atoms with Gasteiger partial charge in [-0.05, 0) is 12.1 Å². The number of hydrogen-bond acceptors (Lipinski definition) is 1. The number of nitrogens with one attached hydrogen (secondary N) is 1. The summed E-state index contributed by atoms with van der Waals surface area (Å²) in [6.07, 6.45) is 1.15. The third-order valence-corrected chi connectivity index (χ3v) is 1.60. The molecule has 68 valence electrons. The van der Waals surface area contributed by atoms with Crippen molar-refractivity contribution >= 4 is 5.91 Å². The van der Waals surface area contributed by atoms with E-state index in [1.807, 2.05) is 0 Å². The van der Waals surface area contributed by atoms with Gasteiger partial charge in [0.15, 0.2) is 0 Å². The Bertz CT molecular complexity index is 322. The average Bonchev–Trinajstić information content (AvgIpc) is 2.16. The molecule has 1 aromatic carbocycles. The van der Waals surface area contributed by atoms with Gasteiger partial charge in [0, 0.05) is 12.1 Å². The Kier molecular flexibility index (Phi) is 3.20. The van der Waals surface area contributed by atoms with Crippen LogP contribution in [0, 0.1) is 5.82 Å². The minimum absolute atomic E-state index is 0.192. The molecule has 0 aliphatic heterocycles. The predicted molar refractivity (Wildman–Crippen MR) is 48.4 cm³/mol. The topological polar surface area (TPSA) is 29.1 Å². The summed E-state index contributed by atoms with van der Waals surface area (Å²) in [5.74, 6) is -0.616. The van der Waals surface area contributed by atoms with Crippen LogP contribution in [0.3, 0.4) is 0 Å². The van der Waals surface area contributed by atoms with Crippen LogP contribution in [0.25, 0.3) is 0 Å². The van der Waals surface area contributed by atoms with Crippen molar-refractivity contribution in [3.05, 3.63) is 48.3 Å². The van der Waals surface area contributed by atoms with Gasteiger partial charge in [0.2, 0.25) is 5.91 Å². The Morgan fingerprint density at radius 3 is 2.85 bits per heavy atom. The average molecular weight is 179 g/mol. The van der Waals surface area contributed by atoms with Crippen molar-refractivity contribution in [2.24, 2.45) is 0 Å². The lowest BCUT2D eigenvalue weighted by atomic mass is 10.2. The standard InChI is InChI=1S/C10H10FNO/c1-2-10(13)12-7-8-5-3-4-6-9(8)11/h2-6H,1,7H2,(H,12,13). The molecule has 13 heavy (non-hydrogen) atoms. The van der Waals surface area contributed by atoms with Gasteiger partial charge in [0.1, 0.15) is 5.82 Å². The van der Waals surface area contributed by atoms with Crippen LogP contribution in [-0.2, 0) is 11.3 Å². The van der Waals surface area contributed by atoms with Crippen molar-refractivity contribution in [1.82, 2.24) is 5.32 Å². The van der Waals surface area contributed by atoms with Crippen LogP contribution in [0.4, 0.5) is 4.39 Å². The molecule has 0 aliphatic rings. The van der Waals surface area contributed by atoms with Gasteiger partial charge in [-0.3, -0.25) is 4.79 Å². The largest absolute Gasteiger partial charge is 0.348 e. The lowest BCUT2D eigenvalue weighted by Crippen LogP contribution is -2.20. The van der Waals surface area contributed by atoms with Crippen molar-refractivity contribution in [3.63, 3.8) is 0 Å². The SMILES string of the molecule is C=CC(=O)NCc1ccccc1F. The fourth-order valence-corrected chi connectivity index (χ4v) is 0.896. The molecule has 3 heteroatoms. The van der Waals surface area contributed by atoms with Crippen molar-refractivity contribution in [3.8, 4) is 0 Å². The maximum atomic E-state index is 13.0. The monoisotopic (exact) mass is 179 g/mol. The van der Waals surface area contributed by atoms with Gasteiger partial charge in [-0.15, -0.1) is 0 Å². The fourth-order valence-electron chi connectivity index (χ4n) is 0.896. The van der Waals surface area contributed by atoms with E-state index in [0.29, 0.717) is 5.56 Å². The number of carbonyl (C=O) groups is 1. The first kappa shape index (κ1) is 9.45. The van der Waals surface area contributed by atoms with Gasteiger partial charge in [-0.25, -0.2) is 4.39 Å². The summed E-state index contributed by atoms with van der Waals surface area (Å²) in [7, 11) is 0. The summed E-state index contributed by atoms with van der Waals surface area (Å²) in [5.41, 5.74) is 0.470. The van der Waals surface area contributed by atoms with Gasteiger partial charge in [0.05, 0.1) is 0 Å². The Morgan fingerprint density at radius 2 is 2.23 bits per heavy atom. The van der Waals surface area contributed by atoms with Gasteiger partial charge < -0.3 is 5.32 Å². The zero-order valence-corrected chi connectivity index (χ0v) is 7.09. The molecule has 0 bridgehead atoms. The van der Waals surface area contributed by atoms with Crippen LogP contribution >= 0.6 is 0 Å². The zero-order chi connectivity index (χ0) is 9.68. The minimum Gasteiger partial charge on any atom is -0.348 e. The zero-order valence-electron chi connectivity index (χ0n) is 7.09. The molecule has 0 radical (unpaired) electrons. The van der Waals surface area contributed by atoms with Gasteiger partial charge >= 0.3 is 0 Å². The van der Waals surface area contributed by atoms with Crippen LogP contribution in [0.5, 0.6) is 0 Å². The van der Waals surface area contributed by atoms with Crippen LogP contribution < -0.4 is 5.32 Å². The van der Waals surface area contributed by atoms with E-state index in [1.54, 1.807) is 18.2 Å². The molecule has 1 N–H and O–H groups in total. The Morgan fingerprint density at radius 1 is 1.54 bits per heavy atom. The van der Waals surface area contributed by atoms with Crippen LogP contribution in [0.15, 0.2) is 36.9 Å². The van der Waals surface area contributed by atoms with E-state index in [2.05, 4.69) is 11.9 Å². The summed E-state index contributed by atoms with van der Waals surface area (Å²) in [5, 5.41) is 2.49. The Balaban J connectivity index is 2.59. The molecule has 0 saturated heterocycles. The highest BCUT2D eigenvalue weighted by molar-refractivity contribution is 5.86. The van der Waals surface area contributed by atoms with Crippen LogP contribution in [-0.4, -0.2) is 5.91 Å². The fraction of sp³-hybridized carbons (Fsp3) is 0.100. The lowest BCUT2D eigenvalue weighted by Gasteiger charge is -2.02. The highest BCUT2D eigenvalue weighted by atomic mass is 19.1. The number of halogens is 1. The number of benzene rings is 1. The molecule has 2 nitrogen and oxygen atoms in total. The van der Waals surface area contributed by atoms with E-state index in [-0.39, 0.29) is 18.3 Å². The molecular formula is C10H10FNO. The quantitative estimate of drug-likeness (QED) is 0.702. The summed E-state index contributed by atoms with van der Waals surface area (Å²) in [6, 6.07) is 6.31. The van der Waals surface area contributed by atoms with E-state index in [0.717, 1.165) is 6.08 Å². The van der Waals surface area contributed by atoms with E-state index in [9.17, 15) is 9.18 Å². The number of amides is 1. The van der Waals surface area contributed by atoms with Crippen molar-refractivity contribution in [2.45, 2.75) is 6.54 Å². The molecule has 0 saturated carbocycles. The molecule has 0 heterocycles. The molecule has 0 aliphatic carbocycles. The predicted octanol–water partition coefficient (Wildman–Crippen LogP) is 1.63. The minimum atomic E-state index is -0.313. The third-order valence-electron chi connectivity index (χ3n) is 1.60. The molecular weight excluding hydrogens is 169 g/mol. The smallest absolute Gasteiger partial charge is 0.243 e. The first-order valence-electron chi connectivity index (χ1n) is 3.87. The second kappa shape index (κ2) is 4.40. The molecule has 0 spiro atoms. The van der Waals surface area contributed by atoms with Gasteiger partial charge in [0.25, 0.3) is 0 Å². The van der Waals surface area contributed by atoms with Crippen molar-refractivity contribution in [2.75, 3.05) is 0 Å². The Labute approximate surface area is 76.1 Å². The maximum Gasteiger partial charge on any atom is 0.243 e. The molecule has 0 fully saturated rings. The van der Waals surface area contributed by atoms with E-state index in [1.165, 1.54) is 6.07 Å². The van der Waals surface area contributed by atoms with E-state index >= 15 is 0 Å². The summed E-state index contributed by atoms with van der Waals surface area (Å²) in [4.78, 5) is 10.7. The summed E-state index contributed by atoms with van der Waals surface area (Å²) >= 11 is 0. The summed E-state index contributed by atoms with van der Waals surface area (Å²) < 4.78 is 13.0.